The first-order valence-corrected chi connectivity index (χ1v) is 9.51. The molecule has 5 nitrogen and oxygen atoms in total. The van der Waals surface area contributed by atoms with Gasteiger partial charge in [-0.25, -0.2) is 4.98 Å². The molecule has 1 aromatic heterocycles. The maximum absolute atomic E-state index is 12.4. The Kier molecular flexibility index (Phi) is 6.45. The van der Waals surface area contributed by atoms with Gasteiger partial charge in [0.25, 0.3) is 5.91 Å². The third-order valence-electron chi connectivity index (χ3n) is 5.02. The van der Waals surface area contributed by atoms with Gasteiger partial charge in [-0.2, -0.15) is 0 Å². The average molecular weight is 343 g/mol. The van der Waals surface area contributed by atoms with Crippen molar-refractivity contribution in [1.29, 1.82) is 0 Å². The van der Waals surface area contributed by atoms with E-state index < -0.39 is 0 Å². The molecular formula is C20H29N3O2. The second-order valence-electron chi connectivity index (χ2n) is 7.00. The maximum Gasteiger partial charge on any atom is 0.255 e. The molecule has 2 aliphatic heterocycles. The van der Waals surface area contributed by atoms with E-state index in [9.17, 15) is 4.79 Å². The van der Waals surface area contributed by atoms with E-state index in [2.05, 4.69) is 16.5 Å². The van der Waals surface area contributed by atoms with Gasteiger partial charge in [-0.15, -0.1) is 6.58 Å². The summed E-state index contributed by atoms with van der Waals surface area (Å²) in [4.78, 5) is 21.1. The smallest absolute Gasteiger partial charge is 0.255 e. The van der Waals surface area contributed by atoms with Gasteiger partial charge in [0.1, 0.15) is 6.10 Å². The highest BCUT2D eigenvalue weighted by Gasteiger charge is 2.21. The number of pyridine rings is 1. The standard InChI is InChI=1S/C20H29N3O2/c1-2-3-8-18(16-22-11-4-5-12-22)25-19-10-9-17(15-21-19)20(24)23-13-6-7-14-23/h2,9-10,15,18H,1,3-8,11-14,16H2/t18-/m1/s1. The molecule has 3 heterocycles. The summed E-state index contributed by atoms with van der Waals surface area (Å²) in [6.45, 7) is 8.78. The van der Waals surface area contributed by atoms with Gasteiger partial charge in [-0.05, 0) is 57.7 Å². The quantitative estimate of drug-likeness (QED) is 0.680. The topological polar surface area (TPSA) is 45.7 Å². The Hall–Kier alpha value is -1.88. The molecule has 0 unspecified atom stereocenters. The number of hydrogen-bond donors (Lipinski definition) is 0. The second-order valence-corrected chi connectivity index (χ2v) is 7.00. The zero-order chi connectivity index (χ0) is 17.5. The summed E-state index contributed by atoms with van der Waals surface area (Å²) in [6.07, 6.45) is 10.3. The molecule has 0 radical (unpaired) electrons. The van der Waals surface area contributed by atoms with Crippen molar-refractivity contribution in [2.75, 3.05) is 32.7 Å². The summed E-state index contributed by atoms with van der Waals surface area (Å²) in [5, 5.41) is 0. The largest absolute Gasteiger partial charge is 0.473 e. The molecule has 0 aromatic carbocycles. The van der Waals surface area contributed by atoms with Gasteiger partial charge < -0.3 is 9.64 Å². The number of carbonyl (C=O) groups is 1. The normalized spacial score (nSPS) is 19.1. The molecule has 136 valence electrons. The van der Waals surface area contributed by atoms with Crippen molar-refractivity contribution >= 4 is 5.91 Å². The van der Waals surface area contributed by atoms with Crippen LogP contribution in [0, 0.1) is 0 Å². The first-order chi connectivity index (χ1) is 12.3. The Labute approximate surface area is 150 Å². The second kappa shape index (κ2) is 8.99. The highest BCUT2D eigenvalue weighted by molar-refractivity contribution is 5.94. The number of hydrogen-bond acceptors (Lipinski definition) is 4. The highest BCUT2D eigenvalue weighted by Crippen LogP contribution is 2.18. The lowest BCUT2D eigenvalue weighted by Gasteiger charge is -2.24. The molecule has 0 N–H and O–H groups in total. The van der Waals surface area contributed by atoms with Gasteiger partial charge in [0.15, 0.2) is 0 Å². The number of nitrogens with zero attached hydrogens (tertiary/aromatic N) is 3. The van der Waals surface area contributed by atoms with Crippen LogP contribution in [0.4, 0.5) is 0 Å². The van der Waals surface area contributed by atoms with Crippen LogP contribution in [0.15, 0.2) is 31.0 Å². The van der Waals surface area contributed by atoms with Crippen LogP contribution in [0.1, 0.15) is 48.9 Å². The van der Waals surface area contributed by atoms with E-state index in [0.29, 0.717) is 11.4 Å². The van der Waals surface area contributed by atoms with Crippen LogP contribution in [-0.2, 0) is 0 Å². The van der Waals surface area contributed by atoms with Crippen LogP contribution < -0.4 is 4.74 Å². The Morgan fingerprint density at radius 1 is 1.20 bits per heavy atom. The van der Waals surface area contributed by atoms with Crippen molar-refractivity contribution in [3.05, 3.63) is 36.5 Å². The molecule has 0 saturated carbocycles. The molecule has 5 heteroatoms. The van der Waals surface area contributed by atoms with Gasteiger partial charge in [0.2, 0.25) is 5.88 Å². The van der Waals surface area contributed by atoms with E-state index >= 15 is 0 Å². The van der Waals surface area contributed by atoms with Crippen molar-refractivity contribution in [3.8, 4) is 5.88 Å². The van der Waals surface area contributed by atoms with Crippen molar-refractivity contribution in [1.82, 2.24) is 14.8 Å². The first-order valence-electron chi connectivity index (χ1n) is 9.51. The van der Waals surface area contributed by atoms with E-state index in [0.717, 1.165) is 58.4 Å². The Balaban J connectivity index is 1.58. The Bertz CT molecular complexity index is 561. The van der Waals surface area contributed by atoms with Crippen molar-refractivity contribution in [2.24, 2.45) is 0 Å². The molecule has 1 aromatic rings. The Morgan fingerprint density at radius 2 is 1.92 bits per heavy atom. The molecule has 0 bridgehead atoms. The molecule has 0 spiro atoms. The van der Waals surface area contributed by atoms with Crippen LogP contribution in [0.3, 0.4) is 0 Å². The van der Waals surface area contributed by atoms with Crippen molar-refractivity contribution in [3.63, 3.8) is 0 Å². The molecule has 1 amide bonds. The molecule has 2 saturated heterocycles. The zero-order valence-electron chi connectivity index (χ0n) is 15.0. The lowest BCUT2D eigenvalue weighted by Crippen LogP contribution is -2.34. The average Bonchev–Trinajstić information content (AvgIpc) is 3.33. The van der Waals surface area contributed by atoms with Crippen LogP contribution >= 0.6 is 0 Å². The molecule has 25 heavy (non-hydrogen) atoms. The Morgan fingerprint density at radius 3 is 2.56 bits per heavy atom. The summed E-state index contributed by atoms with van der Waals surface area (Å²) < 4.78 is 6.11. The molecule has 1 atom stereocenters. The predicted octanol–water partition coefficient (Wildman–Crippen LogP) is 3.13. The summed E-state index contributed by atoms with van der Waals surface area (Å²) >= 11 is 0. The molecule has 2 aliphatic rings. The van der Waals surface area contributed by atoms with E-state index in [1.54, 1.807) is 6.20 Å². The van der Waals surface area contributed by atoms with Crippen LogP contribution in [0.5, 0.6) is 5.88 Å². The number of amides is 1. The lowest BCUT2D eigenvalue weighted by atomic mass is 10.2. The lowest BCUT2D eigenvalue weighted by molar-refractivity contribution is 0.0792. The molecule has 3 rings (SSSR count). The number of allylic oxidation sites excluding steroid dienone is 1. The monoisotopic (exact) mass is 343 g/mol. The van der Waals surface area contributed by atoms with E-state index in [4.69, 9.17) is 4.74 Å². The maximum atomic E-state index is 12.4. The molecular weight excluding hydrogens is 314 g/mol. The van der Waals surface area contributed by atoms with Crippen LogP contribution in [0.25, 0.3) is 0 Å². The van der Waals surface area contributed by atoms with Crippen LogP contribution in [0.2, 0.25) is 0 Å². The summed E-state index contributed by atoms with van der Waals surface area (Å²) in [6, 6.07) is 3.66. The third kappa shape index (κ3) is 5.05. The first kappa shape index (κ1) is 17.9. The molecule has 2 fully saturated rings. The predicted molar refractivity (Wildman–Crippen MR) is 98.9 cm³/mol. The third-order valence-corrected chi connectivity index (χ3v) is 5.02. The van der Waals surface area contributed by atoms with Crippen molar-refractivity contribution in [2.45, 2.75) is 44.6 Å². The number of likely N-dealkylation sites (tertiary alicyclic amines) is 2. The summed E-state index contributed by atoms with van der Waals surface area (Å²) in [5.41, 5.74) is 0.649. The fourth-order valence-electron chi connectivity index (χ4n) is 3.59. The fraction of sp³-hybridized carbons (Fsp3) is 0.600. The fourth-order valence-corrected chi connectivity index (χ4v) is 3.59. The van der Waals surface area contributed by atoms with Crippen LogP contribution in [-0.4, -0.2) is 59.5 Å². The number of ether oxygens (including phenoxy) is 1. The minimum Gasteiger partial charge on any atom is -0.473 e. The number of rotatable bonds is 8. The summed E-state index contributed by atoms with van der Waals surface area (Å²) in [5.74, 6) is 0.683. The minimum atomic E-state index is 0.0804. The van der Waals surface area contributed by atoms with Gasteiger partial charge in [-0.1, -0.05) is 6.08 Å². The minimum absolute atomic E-state index is 0.0804. The summed E-state index contributed by atoms with van der Waals surface area (Å²) in [7, 11) is 0. The van der Waals surface area contributed by atoms with E-state index in [1.165, 1.54) is 12.8 Å². The molecule has 0 aliphatic carbocycles. The SMILES string of the molecule is C=CCC[C@H](CN1CCCC1)Oc1ccc(C(=O)N2CCCC2)cn1. The van der Waals surface area contributed by atoms with Gasteiger partial charge in [0, 0.05) is 31.9 Å². The van der Waals surface area contributed by atoms with E-state index in [1.807, 2.05) is 23.1 Å². The van der Waals surface area contributed by atoms with Gasteiger partial charge >= 0.3 is 0 Å². The van der Waals surface area contributed by atoms with Crippen molar-refractivity contribution < 1.29 is 9.53 Å². The zero-order valence-corrected chi connectivity index (χ0v) is 15.0. The number of carbonyl (C=O) groups excluding carboxylic acids is 1. The van der Waals surface area contributed by atoms with Gasteiger partial charge in [0.05, 0.1) is 5.56 Å². The van der Waals surface area contributed by atoms with Gasteiger partial charge in [-0.3, -0.25) is 9.69 Å². The van der Waals surface area contributed by atoms with E-state index in [-0.39, 0.29) is 12.0 Å². The highest BCUT2D eigenvalue weighted by atomic mass is 16.5. The number of aromatic nitrogens is 1.